The van der Waals surface area contributed by atoms with Crippen LogP contribution in [0.3, 0.4) is 0 Å². The van der Waals surface area contributed by atoms with Gasteiger partial charge in [0.1, 0.15) is 0 Å². The van der Waals surface area contributed by atoms with Gasteiger partial charge in [-0.25, -0.2) is 0 Å². The van der Waals surface area contributed by atoms with E-state index in [0.29, 0.717) is 0 Å². The van der Waals surface area contributed by atoms with Crippen molar-refractivity contribution in [3.63, 3.8) is 0 Å². The molecule has 0 heterocycles. The zero-order valence-corrected chi connectivity index (χ0v) is 4.02. The van der Waals surface area contributed by atoms with Gasteiger partial charge in [0, 0.05) is 0 Å². The zero-order chi connectivity index (χ0) is 6.69. The van der Waals surface area contributed by atoms with E-state index < -0.39 is 0 Å². The molecule has 0 radical (unpaired) electrons. The molecule has 7 heavy (non-hydrogen) atoms. The molecule has 36 valence electrons. The van der Waals surface area contributed by atoms with Crippen LogP contribution in [0.5, 0.6) is 0 Å². The Hall–Kier alpha value is -0.780. The third-order valence-corrected chi connectivity index (χ3v) is 0.985. The molecule has 0 aromatic carbocycles. The number of rotatable bonds is 1. The van der Waals surface area contributed by atoms with Crippen LogP contribution in [0.15, 0.2) is 36.4 Å². The van der Waals surface area contributed by atoms with E-state index in [2.05, 4.69) is 0 Å². The Morgan fingerprint density at radius 2 is 3.00 bits per heavy atom. The zero-order valence-electron chi connectivity index (χ0n) is 6.02. The summed E-state index contributed by atoms with van der Waals surface area (Å²) in [5.41, 5.74) is 1.05. The van der Waals surface area contributed by atoms with Crippen molar-refractivity contribution in [1.29, 1.82) is 0 Å². The van der Waals surface area contributed by atoms with Crippen molar-refractivity contribution in [1.82, 2.24) is 0 Å². The third kappa shape index (κ3) is 0.801. The van der Waals surface area contributed by atoms with Gasteiger partial charge in [0.25, 0.3) is 0 Å². The first-order chi connectivity index (χ1) is 4.29. The number of hydrogen-bond donors (Lipinski definition) is 0. The molecular formula is C7H8. The van der Waals surface area contributed by atoms with Gasteiger partial charge in [-0.1, -0.05) is 30.8 Å². The van der Waals surface area contributed by atoms with Gasteiger partial charge in [0.15, 0.2) is 0 Å². The lowest BCUT2D eigenvalue weighted by atomic mass is 10.2. The fourth-order valence-corrected chi connectivity index (χ4v) is 0.571. The second kappa shape index (κ2) is 1.78. The van der Waals surface area contributed by atoms with E-state index in [9.17, 15) is 0 Å². The maximum absolute atomic E-state index is 6.80. The molecule has 0 heteroatoms. The third-order valence-electron chi connectivity index (χ3n) is 0.985. The first-order valence-electron chi connectivity index (χ1n) is 3.29. The normalized spacial score (nSPS) is 20.3. The molecule has 0 atom stereocenters. The second-order valence-corrected chi connectivity index (χ2v) is 1.52. The van der Waals surface area contributed by atoms with Crippen LogP contribution in [0.1, 0.15) is 9.16 Å². The Morgan fingerprint density at radius 1 is 2.00 bits per heavy atom. The van der Waals surface area contributed by atoms with E-state index in [0.717, 1.165) is 12.0 Å². The molecule has 0 aliphatic heterocycles. The van der Waals surface area contributed by atoms with Crippen LogP contribution in [0, 0.1) is 0 Å². The Morgan fingerprint density at radius 3 is 3.57 bits per heavy atom. The van der Waals surface area contributed by atoms with Crippen LogP contribution in [0.25, 0.3) is 0 Å². The van der Waals surface area contributed by atoms with Gasteiger partial charge in [0.2, 0.25) is 0 Å². The van der Waals surface area contributed by atoms with Gasteiger partial charge < -0.3 is 0 Å². The van der Waals surface area contributed by atoms with Gasteiger partial charge in [0.05, 0.1) is 2.74 Å². The minimum absolute atomic E-state index is 0.120. The molecule has 0 aromatic heterocycles. The molecule has 0 saturated heterocycles. The summed E-state index contributed by atoms with van der Waals surface area (Å²) in [5.74, 6) is 0. The van der Waals surface area contributed by atoms with Crippen molar-refractivity contribution in [2.45, 2.75) is 6.42 Å². The minimum atomic E-state index is -0.120. The highest BCUT2D eigenvalue weighted by molar-refractivity contribution is 5.30. The molecule has 1 aliphatic rings. The summed E-state index contributed by atoms with van der Waals surface area (Å²) >= 11 is 0. The molecule has 0 unspecified atom stereocenters. The summed E-state index contributed by atoms with van der Waals surface area (Å²) in [5, 5.41) is 0. The van der Waals surface area contributed by atoms with E-state index >= 15 is 0 Å². The van der Waals surface area contributed by atoms with Crippen molar-refractivity contribution in [2.75, 3.05) is 0 Å². The topological polar surface area (TPSA) is 0 Å². The molecule has 1 rings (SSSR count). The lowest BCUT2D eigenvalue weighted by Gasteiger charge is -1.82. The molecule has 0 spiro atoms. The summed E-state index contributed by atoms with van der Waals surface area (Å²) in [6, 6.07) is 0. The van der Waals surface area contributed by atoms with Crippen molar-refractivity contribution in [3.8, 4) is 0 Å². The number of allylic oxidation sites excluding steroid dienone is 5. The van der Waals surface area contributed by atoms with E-state index in [1.54, 1.807) is 6.08 Å². The molecule has 0 aromatic rings. The highest BCUT2D eigenvalue weighted by Gasteiger charge is 1.89. The molecule has 1 aliphatic carbocycles. The first kappa shape index (κ1) is 2.51. The maximum atomic E-state index is 6.80. The highest BCUT2D eigenvalue weighted by Crippen LogP contribution is 2.09. The van der Waals surface area contributed by atoms with Crippen molar-refractivity contribution >= 4 is 0 Å². The predicted molar refractivity (Wildman–Crippen MR) is 32.0 cm³/mol. The van der Waals surface area contributed by atoms with E-state index in [1.165, 1.54) is 0 Å². The van der Waals surface area contributed by atoms with Crippen LogP contribution >= 0.6 is 0 Å². The van der Waals surface area contributed by atoms with Crippen molar-refractivity contribution < 1.29 is 2.74 Å². The largest absolute Gasteiger partial charge is 0.0988 e. The van der Waals surface area contributed by atoms with E-state index in [-0.39, 0.29) is 6.53 Å². The summed E-state index contributed by atoms with van der Waals surface area (Å²) in [6.07, 6.45) is 8.30. The minimum Gasteiger partial charge on any atom is -0.0988 e. The van der Waals surface area contributed by atoms with Crippen LogP contribution in [0.2, 0.25) is 0 Å². The summed E-state index contributed by atoms with van der Waals surface area (Å²) < 4.78 is 13.6. The van der Waals surface area contributed by atoms with E-state index in [1.807, 2.05) is 18.2 Å². The molecule has 0 bridgehead atoms. The summed E-state index contributed by atoms with van der Waals surface area (Å²) in [7, 11) is 0. The quantitative estimate of drug-likeness (QED) is 0.466. The average Bonchev–Trinajstić information content (AvgIpc) is 2.15. The Labute approximate surface area is 46.7 Å². The van der Waals surface area contributed by atoms with Gasteiger partial charge in [-0.05, 0) is 12.0 Å². The first-order valence-corrected chi connectivity index (χ1v) is 2.29. The molecule has 0 amide bonds. The van der Waals surface area contributed by atoms with Crippen molar-refractivity contribution in [2.24, 2.45) is 0 Å². The summed E-state index contributed by atoms with van der Waals surface area (Å²) in [6.45, 7) is -0.120. The SMILES string of the molecule is [2H]C([2H])=CC1=CC=CC1. The van der Waals surface area contributed by atoms with E-state index in [4.69, 9.17) is 2.74 Å². The summed E-state index contributed by atoms with van der Waals surface area (Å²) in [4.78, 5) is 0. The molecule has 0 saturated carbocycles. The Balaban J connectivity index is 2.57. The fourth-order valence-electron chi connectivity index (χ4n) is 0.571. The average molecular weight is 94.2 g/mol. The Kier molecular flexibility index (Phi) is 0.639. The highest BCUT2D eigenvalue weighted by atomic mass is 13.9. The van der Waals surface area contributed by atoms with Crippen LogP contribution < -0.4 is 0 Å². The predicted octanol–water partition coefficient (Wildman–Crippen LogP) is 2.06. The number of hydrogen-bond acceptors (Lipinski definition) is 0. The maximum Gasteiger partial charge on any atom is 0.0538 e. The van der Waals surface area contributed by atoms with Gasteiger partial charge in [-0.3, -0.25) is 0 Å². The lowest BCUT2D eigenvalue weighted by molar-refractivity contribution is 1.34. The molecule has 0 N–H and O–H groups in total. The Bertz CT molecular complexity index is 183. The smallest absolute Gasteiger partial charge is 0.0538 e. The fraction of sp³-hybridized carbons (Fsp3) is 0.143. The van der Waals surface area contributed by atoms with Crippen LogP contribution in [-0.2, 0) is 0 Å². The van der Waals surface area contributed by atoms with Crippen LogP contribution in [-0.4, -0.2) is 0 Å². The van der Waals surface area contributed by atoms with Gasteiger partial charge in [-0.15, -0.1) is 0 Å². The monoisotopic (exact) mass is 94.1 g/mol. The van der Waals surface area contributed by atoms with Crippen molar-refractivity contribution in [3.05, 3.63) is 36.4 Å². The standard InChI is InChI=1S/C7H8/c1-2-7-5-3-4-6-7/h2-5H,1,6H2/i1D2. The van der Waals surface area contributed by atoms with Crippen LogP contribution in [0.4, 0.5) is 0 Å². The van der Waals surface area contributed by atoms with Gasteiger partial charge >= 0.3 is 0 Å². The lowest BCUT2D eigenvalue weighted by Crippen LogP contribution is -1.62. The molecule has 0 fully saturated rings. The molecular weight excluding hydrogens is 84.1 g/mol. The second-order valence-electron chi connectivity index (χ2n) is 1.52. The van der Waals surface area contributed by atoms with Gasteiger partial charge in [-0.2, -0.15) is 0 Å². The molecule has 0 nitrogen and oxygen atoms in total.